The van der Waals surface area contributed by atoms with Crippen LogP contribution in [0.25, 0.3) is 0 Å². The largest absolute Gasteiger partial charge is 0.418 e. The van der Waals surface area contributed by atoms with Gasteiger partial charge in [0, 0.05) is 69.3 Å². The number of hydrogen-bond acceptors (Lipinski definition) is 5. The maximum atomic E-state index is 14.0. The fourth-order valence-corrected chi connectivity index (χ4v) is 7.70. The van der Waals surface area contributed by atoms with E-state index in [2.05, 4.69) is 14.9 Å². The van der Waals surface area contributed by atoms with Gasteiger partial charge in [0.05, 0.1) is 22.2 Å². The quantitative estimate of drug-likeness (QED) is 0.296. The summed E-state index contributed by atoms with van der Waals surface area (Å²) < 4.78 is 43.5. The van der Waals surface area contributed by atoms with E-state index in [-0.39, 0.29) is 53.4 Å². The SMILES string of the molecule is Cc1nccn1C1CCN(C(=O)C(CC(=O)N2CCC(N3CCc4ccccc4NC3=O)CC2)Cc2cc(Cl)c(N)c(C(F)(F)F)c2)CC1. The summed E-state index contributed by atoms with van der Waals surface area (Å²) in [6.45, 7) is 4.21. The van der Waals surface area contributed by atoms with Crippen LogP contribution in [0.5, 0.6) is 0 Å². The highest BCUT2D eigenvalue weighted by Crippen LogP contribution is 2.39. The molecule has 4 amide bonds. The molecular weight excluding hydrogens is 659 g/mol. The van der Waals surface area contributed by atoms with E-state index < -0.39 is 23.3 Å². The van der Waals surface area contributed by atoms with Crippen LogP contribution in [-0.4, -0.2) is 80.9 Å². The molecule has 3 aliphatic rings. The molecule has 2 saturated heterocycles. The number of amides is 4. The second-order valence-corrected chi connectivity index (χ2v) is 13.6. The van der Waals surface area contributed by atoms with Gasteiger partial charge in [-0.2, -0.15) is 13.2 Å². The van der Waals surface area contributed by atoms with E-state index in [1.165, 1.54) is 6.07 Å². The highest BCUT2D eigenvalue weighted by atomic mass is 35.5. The van der Waals surface area contributed by atoms with Crippen molar-refractivity contribution in [2.24, 2.45) is 5.92 Å². The van der Waals surface area contributed by atoms with Crippen molar-refractivity contribution in [3.8, 4) is 0 Å². The number of likely N-dealkylation sites (tertiary alicyclic amines) is 2. The zero-order valence-electron chi connectivity index (χ0n) is 27.4. The third kappa shape index (κ3) is 7.66. The normalized spacial score (nSPS) is 18.6. The van der Waals surface area contributed by atoms with E-state index in [0.29, 0.717) is 58.4 Å². The molecule has 10 nitrogen and oxygen atoms in total. The number of carbonyl (C=O) groups excluding carboxylic acids is 3. The Hall–Kier alpha value is -4.26. The van der Waals surface area contributed by atoms with Crippen molar-refractivity contribution in [1.29, 1.82) is 0 Å². The molecule has 0 bridgehead atoms. The number of halogens is 4. The highest BCUT2D eigenvalue weighted by Gasteiger charge is 2.37. The fraction of sp³-hybridized carbons (Fsp3) is 0.486. The Morgan fingerprint density at radius 3 is 2.37 bits per heavy atom. The van der Waals surface area contributed by atoms with Crippen LogP contribution < -0.4 is 11.1 Å². The molecule has 0 aliphatic carbocycles. The highest BCUT2D eigenvalue weighted by molar-refractivity contribution is 6.33. The van der Waals surface area contributed by atoms with Gasteiger partial charge in [-0.15, -0.1) is 0 Å². The Morgan fingerprint density at radius 1 is 1.02 bits per heavy atom. The summed E-state index contributed by atoms with van der Waals surface area (Å²) in [6, 6.07) is 9.98. The molecule has 2 fully saturated rings. The van der Waals surface area contributed by atoms with Crippen molar-refractivity contribution in [3.05, 3.63) is 76.3 Å². The van der Waals surface area contributed by atoms with Crippen molar-refractivity contribution in [1.82, 2.24) is 24.3 Å². The van der Waals surface area contributed by atoms with Crippen LogP contribution in [0, 0.1) is 12.8 Å². The maximum absolute atomic E-state index is 14.0. The molecule has 1 unspecified atom stereocenters. The van der Waals surface area contributed by atoms with Crippen LogP contribution >= 0.6 is 11.6 Å². The number of aryl methyl sites for hydroxylation is 1. The number of benzene rings is 2. The van der Waals surface area contributed by atoms with E-state index in [1.807, 2.05) is 42.3 Å². The predicted molar refractivity (Wildman–Crippen MR) is 180 cm³/mol. The van der Waals surface area contributed by atoms with Crippen LogP contribution in [0.1, 0.15) is 60.7 Å². The van der Waals surface area contributed by atoms with Crippen molar-refractivity contribution in [2.45, 2.75) is 70.1 Å². The number of carbonyl (C=O) groups is 3. The first-order valence-corrected chi connectivity index (χ1v) is 17.1. The Balaban J connectivity index is 1.14. The molecule has 14 heteroatoms. The molecule has 2 aromatic carbocycles. The van der Waals surface area contributed by atoms with Gasteiger partial charge in [0.1, 0.15) is 5.82 Å². The molecular formula is C35H41ClF3N7O3. The molecule has 3 aliphatic heterocycles. The van der Waals surface area contributed by atoms with Crippen molar-refractivity contribution < 1.29 is 27.6 Å². The van der Waals surface area contributed by atoms with E-state index in [4.69, 9.17) is 17.3 Å². The number of nitrogen functional groups attached to an aromatic ring is 1. The van der Waals surface area contributed by atoms with E-state index in [9.17, 15) is 27.6 Å². The summed E-state index contributed by atoms with van der Waals surface area (Å²) in [5.74, 6) is -0.524. The molecule has 0 saturated carbocycles. The molecule has 1 atom stereocenters. The second-order valence-electron chi connectivity index (χ2n) is 13.2. The number of nitrogens with two attached hydrogens (primary N) is 1. The maximum Gasteiger partial charge on any atom is 0.418 e. The predicted octanol–water partition coefficient (Wildman–Crippen LogP) is 5.94. The van der Waals surface area contributed by atoms with Crippen LogP contribution in [0.15, 0.2) is 48.8 Å². The number of para-hydroxylation sites is 1. The topological polar surface area (TPSA) is 117 Å². The standard InChI is InChI=1S/C35H41ClF3N7O3/c1-22-41-11-17-45(22)26-9-14-44(15-10-26)33(48)25(18-23-19-28(35(37,38)39)32(40)29(36)20-23)21-31(47)43-12-7-27(8-13-43)46-16-6-24-4-2-3-5-30(24)42-34(46)49/h2-5,11,17,19-20,25-27H,6-10,12-16,18,21,40H2,1H3,(H,42,49). The first-order valence-electron chi connectivity index (χ1n) is 16.8. The minimum Gasteiger partial charge on any atom is -0.397 e. The molecule has 1 aromatic heterocycles. The molecule has 3 aromatic rings. The van der Waals surface area contributed by atoms with Gasteiger partial charge in [0.15, 0.2) is 0 Å². The van der Waals surface area contributed by atoms with Gasteiger partial charge in [-0.3, -0.25) is 9.59 Å². The number of imidazole rings is 1. The lowest BCUT2D eigenvalue weighted by Gasteiger charge is -2.39. The summed E-state index contributed by atoms with van der Waals surface area (Å²) in [5, 5.41) is 2.75. The summed E-state index contributed by atoms with van der Waals surface area (Å²) in [4.78, 5) is 50.4. The Bertz CT molecular complexity index is 1700. The van der Waals surface area contributed by atoms with Crippen LogP contribution in [0.4, 0.5) is 29.3 Å². The number of hydrogen-bond donors (Lipinski definition) is 2. The van der Waals surface area contributed by atoms with Gasteiger partial charge < -0.3 is 30.3 Å². The number of urea groups is 1. The minimum absolute atomic E-state index is 0.0473. The minimum atomic E-state index is -4.73. The molecule has 49 heavy (non-hydrogen) atoms. The summed E-state index contributed by atoms with van der Waals surface area (Å²) in [7, 11) is 0. The molecule has 6 rings (SSSR count). The number of rotatable bonds is 7. The summed E-state index contributed by atoms with van der Waals surface area (Å²) >= 11 is 6.13. The number of aromatic nitrogens is 2. The van der Waals surface area contributed by atoms with Gasteiger partial charge in [-0.1, -0.05) is 29.8 Å². The second kappa shape index (κ2) is 14.3. The lowest BCUT2D eigenvalue weighted by Crippen LogP contribution is -2.50. The van der Waals surface area contributed by atoms with Crippen molar-refractivity contribution in [2.75, 3.05) is 43.8 Å². The van der Waals surface area contributed by atoms with Gasteiger partial charge in [0.2, 0.25) is 11.8 Å². The lowest BCUT2D eigenvalue weighted by atomic mass is 9.91. The van der Waals surface area contributed by atoms with Gasteiger partial charge in [-0.25, -0.2) is 9.78 Å². The number of anilines is 2. The number of nitrogens with zero attached hydrogens (tertiary/aromatic N) is 5. The van der Waals surface area contributed by atoms with Gasteiger partial charge >= 0.3 is 12.2 Å². The first kappa shape index (κ1) is 34.6. The van der Waals surface area contributed by atoms with Crippen molar-refractivity contribution >= 4 is 40.8 Å². The van der Waals surface area contributed by atoms with Crippen molar-refractivity contribution in [3.63, 3.8) is 0 Å². The lowest BCUT2D eigenvalue weighted by molar-refractivity contribution is -0.142. The fourth-order valence-electron chi connectivity index (χ4n) is 7.46. The van der Waals surface area contributed by atoms with Gasteiger partial charge in [-0.05, 0) is 74.8 Å². The molecule has 3 N–H and O–H groups in total. The zero-order valence-corrected chi connectivity index (χ0v) is 28.1. The Kier molecular flexibility index (Phi) is 10.1. The monoisotopic (exact) mass is 699 g/mol. The third-order valence-electron chi connectivity index (χ3n) is 10.2. The van der Waals surface area contributed by atoms with Crippen LogP contribution in [0.3, 0.4) is 0 Å². The summed E-state index contributed by atoms with van der Waals surface area (Å²) in [6.07, 6.45) is 1.94. The average molecular weight is 700 g/mol. The van der Waals surface area contributed by atoms with Gasteiger partial charge in [0.25, 0.3) is 0 Å². The van der Waals surface area contributed by atoms with Crippen LogP contribution in [-0.2, 0) is 28.6 Å². The Morgan fingerprint density at radius 2 is 1.69 bits per heavy atom. The Labute approximate surface area is 288 Å². The number of fused-ring (bicyclic) bond motifs is 1. The zero-order chi connectivity index (χ0) is 34.9. The number of piperidine rings is 2. The van der Waals surface area contributed by atoms with E-state index >= 15 is 0 Å². The molecule has 0 spiro atoms. The molecule has 262 valence electrons. The average Bonchev–Trinajstić information content (AvgIpc) is 3.43. The molecule has 0 radical (unpaired) electrons. The van der Waals surface area contributed by atoms with E-state index in [0.717, 1.165) is 29.6 Å². The smallest absolute Gasteiger partial charge is 0.397 e. The van der Waals surface area contributed by atoms with E-state index in [1.54, 1.807) is 16.0 Å². The molecule has 4 heterocycles. The number of alkyl halides is 3. The van der Waals surface area contributed by atoms with Crippen LogP contribution in [0.2, 0.25) is 5.02 Å². The first-order chi connectivity index (χ1) is 23.4. The summed E-state index contributed by atoms with van der Waals surface area (Å²) in [5.41, 5.74) is 6.11. The third-order valence-corrected chi connectivity index (χ3v) is 10.5. The number of nitrogens with one attached hydrogen (secondary N) is 1.